The number of hydrogen-bond donors (Lipinski definition) is 1. The van der Waals surface area contributed by atoms with Crippen LogP contribution in [0.1, 0.15) is 57.1 Å². The smallest absolute Gasteiger partial charge is 0.123 e. The largest absolute Gasteiger partial charge is 0.307 e. The number of nitrogens with one attached hydrogen (secondary N) is 1. The molecule has 0 aromatic heterocycles. The number of benzene rings is 1. The van der Waals surface area contributed by atoms with Crippen molar-refractivity contribution in [2.75, 3.05) is 0 Å². The van der Waals surface area contributed by atoms with E-state index in [1.165, 1.54) is 44.6 Å². The predicted octanol–water partition coefficient (Wildman–Crippen LogP) is 4.20. The Morgan fingerprint density at radius 2 is 1.88 bits per heavy atom. The lowest BCUT2D eigenvalue weighted by Crippen LogP contribution is -2.31. The molecule has 1 fully saturated rings. The lowest BCUT2D eigenvalue weighted by Gasteiger charge is -2.22. The summed E-state index contributed by atoms with van der Waals surface area (Å²) in [4.78, 5) is 0. The van der Waals surface area contributed by atoms with Crippen molar-refractivity contribution in [2.45, 2.75) is 57.5 Å². The Morgan fingerprint density at radius 3 is 2.53 bits per heavy atom. The summed E-state index contributed by atoms with van der Waals surface area (Å²) in [5.41, 5.74) is 1.05. The normalized spacial score (nSPS) is 19.9. The molecule has 0 radical (unpaired) electrons. The second-order valence-electron chi connectivity index (χ2n) is 5.13. The van der Waals surface area contributed by atoms with E-state index in [0.717, 1.165) is 5.56 Å². The Morgan fingerprint density at radius 1 is 1.18 bits per heavy atom. The predicted molar refractivity (Wildman–Crippen MR) is 69.4 cm³/mol. The lowest BCUT2D eigenvalue weighted by atomic mass is 10.0. The summed E-state index contributed by atoms with van der Waals surface area (Å²) >= 11 is 0. The molecule has 2 rings (SSSR count). The van der Waals surface area contributed by atoms with Crippen molar-refractivity contribution in [1.82, 2.24) is 5.32 Å². The van der Waals surface area contributed by atoms with Crippen LogP contribution in [-0.2, 0) is 0 Å². The molecule has 1 unspecified atom stereocenters. The number of rotatable bonds is 3. The van der Waals surface area contributed by atoms with Crippen LogP contribution >= 0.6 is 0 Å². The summed E-state index contributed by atoms with van der Waals surface area (Å²) in [6, 6.07) is 7.77. The quantitative estimate of drug-likeness (QED) is 0.774. The minimum atomic E-state index is -0.142. The van der Waals surface area contributed by atoms with Gasteiger partial charge in [-0.3, -0.25) is 0 Å². The molecule has 1 N–H and O–H groups in total. The summed E-state index contributed by atoms with van der Waals surface area (Å²) in [5, 5.41) is 3.64. The van der Waals surface area contributed by atoms with E-state index in [2.05, 4.69) is 12.2 Å². The zero-order valence-electron chi connectivity index (χ0n) is 10.6. The van der Waals surface area contributed by atoms with E-state index >= 15 is 0 Å². The third kappa shape index (κ3) is 3.81. The Hall–Kier alpha value is -0.890. The van der Waals surface area contributed by atoms with Crippen LogP contribution in [0.25, 0.3) is 0 Å². The Labute approximate surface area is 103 Å². The molecule has 1 aliphatic rings. The fraction of sp³-hybridized carbons (Fsp3) is 0.600. The van der Waals surface area contributed by atoms with Gasteiger partial charge >= 0.3 is 0 Å². The summed E-state index contributed by atoms with van der Waals surface area (Å²) in [5.74, 6) is -0.142. The summed E-state index contributed by atoms with van der Waals surface area (Å²) < 4.78 is 13.1. The summed E-state index contributed by atoms with van der Waals surface area (Å²) in [6.45, 7) is 2.12. The molecule has 0 saturated heterocycles. The monoisotopic (exact) mass is 235 g/mol. The minimum absolute atomic E-state index is 0.142. The molecule has 1 aromatic rings. The van der Waals surface area contributed by atoms with E-state index in [0.29, 0.717) is 6.04 Å². The van der Waals surface area contributed by atoms with Crippen molar-refractivity contribution < 1.29 is 4.39 Å². The van der Waals surface area contributed by atoms with Crippen LogP contribution in [0.15, 0.2) is 24.3 Å². The fourth-order valence-corrected chi connectivity index (χ4v) is 2.67. The van der Waals surface area contributed by atoms with E-state index in [-0.39, 0.29) is 11.9 Å². The molecular formula is C15H22FN. The highest BCUT2D eigenvalue weighted by molar-refractivity contribution is 5.19. The molecule has 0 heterocycles. The van der Waals surface area contributed by atoms with Crippen molar-refractivity contribution in [3.8, 4) is 0 Å². The number of hydrogen-bond acceptors (Lipinski definition) is 1. The van der Waals surface area contributed by atoms with Crippen LogP contribution in [0.2, 0.25) is 0 Å². The molecule has 0 spiro atoms. The highest BCUT2D eigenvalue weighted by atomic mass is 19.1. The van der Waals surface area contributed by atoms with Gasteiger partial charge in [0.2, 0.25) is 0 Å². The maximum atomic E-state index is 13.1. The van der Waals surface area contributed by atoms with Gasteiger partial charge in [-0.05, 0) is 37.5 Å². The molecule has 0 bridgehead atoms. The molecule has 1 atom stereocenters. The third-order valence-corrected chi connectivity index (χ3v) is 3.69. The molecule has 1 aliphatic carbocycles. The first-order valence-electron chi connectivity index (χ1n) is 6.77. The second kappa shape index (κ2) is 6.15. The molecule has 0 amide bonds. The lowest BCUT2D eigenvalue weighted by molar-refractivity contribution is 0.413. The van der Waals surface area contributed by atoms with Gasteiger partial charge in [0.25, 0.3) is 0 Å². The Balaban J connectivity index is 1.93. The van der Waals surface area contributed by atoms with Gasteiger partial charge in [-0.2, -0.15) is 0 Å². The van der Waals surface area contributed by atoms with Gasteiger partial charge in [-0.25, -0.2) is 4.39 Å². The zero-order chi connectivity index (χ0) is 12.1. The first kappa shape index (κ1) is 12.6. The molecule has 1 nitrogen and oxygen atoms in total. The van der Waals surface area contributed by atoms with Crippen molar-refractivity contribution >= 4 is 0 Å². The Bertz CT molecular complexity index is 343. The molecule has 94 valence electrons. The van der Waals surface area contributed by atoms with E-state index < -0.39 is 0 Å². The maximum absolute atomic E-state index is 13.1. The third-order valence-electron chi connectivity index (χ3n) is 3.69. The molecule has 2 heteroatoms. The van der Waals surface area contributed by atoms with Crippen LogP contribution in [0, 0.1) is 5.82 Å². The van der Waals surface area contributed by atoms with Gasteiger partial charge in [0.1, 0.15) is 5.82 Å². The van der Waals surface area contributed by atoms with Crippen LogP contribution < -0.4 is 5.32 Å². The number of halogens is 1. The van der Waals surface area contributed by atoms with E-state index in [1.54, 1.807) is 12.1 Å². The second-order valence-corrected chi connectivity index (χ2v) is 5.13. The van der Waals surface area contributed by atoms with Gasteiger partial charge in [-0.15, -0.1) is 0 Å². The molecule has 17 heavy (non-hydrogen) atoms. The minimum Gasteiger partial charge on any atom is -0.307 e. The van der Waals surface area contributed by atoms with Gasteiger partial charge in [-0.1, -0.05) is 37.8 Å². The zero-order valence-corrected chi connectivity index (χ0v) is 10.6. The standard InChI is InChI=1S/C15H22FN/c1-12(13-7-6-8-14(16)11-13)17-15-9-4-2-3-5-10-15/h6-8,11-12,15,17H,2-5,9-10H2,1H3. The van der Waals surface area contributed by atoms with Gasteiger partial charge < -0.3 is 5.32 Å². The van der Waals surface area contributed by atoms with Gasteiger partial charge in [0, 0.05) is 12.1 Å². The molecule has 1 aromatic carbocycles. The van der Waals surface area contributed by atoms with Crippen molar-refractivity contribution in [3.63, 3.8) is 0 Å². The van der Waals surface area contributed by atoms with E-state index in [1.807, 2.05) is 6.07 Å². The molecular weight excluding hydrogens is 213 g/mol. The van der Waals surface area contributed by atoms with Crippen LogP contribution in [0.5, 0.6) is 0 Å². The van der Waals surface area contributed by atoms with Gasteiger partial charge in [0.15, 0.2) is 0 Å². The van der Waals surface area contributed by atoms with Crippen molar-refractivity contribution in [2.24, 2.45) is 0 Å². The van der Waals surface area contributed by atoms with E-state index in [4.69, 9.17) is 0 Å². The average Bonchev–Trinajstić information content (AvgIpc) is 2.57. The highest BCUT2D eigenvalue weighted by Gasteiger charge is 2.15. The van der Waals surface area contributed by atoms with Gasteiger partial charge in [0.05, 0.1) is 0 Å². The topological polar surface area (TPSA) is 12.0 Å². The Kier molecular flexibility index (Phi) is 4.55. The average molecular weight is 235 g/mol. The summed E-state index contributed by atoms with van der Waals surface area (Å²) in [6.07, 6.45) is 7.92. The van der Waals surface area contributed by atoms with Crippen LogP contribution in [0.3, 0.4) is 0 Å². The van der Waals surface area contributed by atoms with Crippen molar-refractivity contribution in [1.29, 1.82) is 0 Å². The van der Waals surface area contributed by atoms with E-state index in [9.17, 15) is 4.39 Å². The fourth-order valence-electron chi connectivity index (χ4n) is 2.67. The molecule has 0 aliphatic heterocycles. The first-order chi connectivity index (χ1) is 8.25. The van der Waals surface area contributed by atoms with Crippen LogP contribution in [0.4, 0.5) is 4.39 Å². The van der Waals surface area contributed by atoms with Crippen LogP contribution in [-0.4, -0.2) is 6.04 Å². The first-order valence-corrected chi connectivity index (χ1v) is 6.77. The molecule has 1 saturated carbocycles. The van der Waals surface area contributed by atoms with Crippen molar-refractivity contribution in [3.05, 3.63) is 35.6 Å². The SMILES string of the molecule is CC(NC1CCCCCC1)c1cccc(F)c1. The summed E-state index contributed by atoms with van der Waals surface area (Å²) in [7, 11) is 0. The highest BCUT2D eigenvalue weighted by Crippen LogP contribution is 2.21. The maximum Gasteiger partial charge on any atom is 0.123 e.